The Morgan fingerprint density at radius 3 is 2.10 bits per heavy atom. The van der Waals surface area contributed by atoms with Gasteiger partial charge in [-0.1, -0.05) is 48.5 Å². The van der Waals surface area contributed by atoms with Gasteiger partial charge in [-0.25, -0.2) is 0 Å². The van der Waals surface area contributed by atoms with Gasteiger partial charge in [0, 0.05) is 38.4 Å². The van der Waals surface area contributed by atoms with Crippen molar-refractivity contribution in [3.8, 4) is 0 Å². The van der Waals surface area contributed by atoms with Crippen molar-refractivity contribution >= 4 is 17.5 Å². The minimum Gasteiger partial charge on any atom is -0.368 e. The monoisotopic (exact) mass is 393 g/mol. The van der Waals surface area contributed by atoms with Crippen LogP contribution >= 0.6 is 0 Å². The Bertz CT molecular complexity index is 797. The van der Waals surface area contributed by atoms with Crippen molar-refractivity contribution in [1.82, 2.24) is 10.2 Å². The maximum absolute atomic E-state index is 13.0. The maximum Gasteiger partial charge on any atom is 0.237 e. The number of anilines is 1. The van der Waals surface area contributed by atoms with Crippen LogP contribution in [0.25, 0.3) is 0 Å². The van der Waals surface area contributed by atoms with E-state index in [9.17, 15) is 9.59 Å². The van der Waals surface area contributed by atoms with Crippen molar-refractivity contribution in [3.63, 3.8) is 0 Å². The largest absolute Gasteiger partial charge is 0.368 e. The van der Waals surface area contributed by atoms with Gasteiger partial charge in [0.05, 0.1) is 0 Å². The molecule has 1 fully saturated rings. The van der Waals surface area contributed by atoms with Gasteiger partial charge >= 0.3 is 0 Å². The summed E-state index contributed by atoms with van der Waals surface area (Å²) in [7, 11) is 0. The lowest BCUT2D eigenvalue weighted by atomic mass is 9.90. The first-order valence-electron chi connectivity index (χ1n) is 10.4. The van der Waals surface area contributed by atoms with E-state index in [-0.39, 0.29) is 11.8 Å². The van der Waals surface area contributed by atoms with Crippen LogP contribution in [0.15, 0.2) is 60.7 Å². The molecule has 29 heavy (non-hydrogen) atoms. The zero-order valence-corrected chi connectivity index (χ0v) is 17.4. The van der Waals surface area contributed by atoms with Crippen LogP contribution in [-0.4, -0.2) is 49.4 Å². The lowest BCUT2D eigenvalue weighted by molar-refractivity contribution is -0.148. The molecule has 0 unspecified atom stereocenters. The molecule has 154 valence electrons. The Labute approximate surface area is 173 Å². The van der Waals surface area contributed by atoms with Gasteiger partial charge in [-0.2, -0.15) is 0 Å². The number of piperazine rings is 1. The Hall–Kier alpha value is -2.82. The smallest absolute Gasteiger partial charge is 0.237 e. The molecule has 2 aromatic carbocycles. The van der Waals surface area contributed by atoms with Gasteiger partial charge in [0.2, 0.25) is 11.8 Å². The van der Waals surface area contributed by atoms with Crippen LogP contribution in [0.1, 0.15) is 25.8 Å². The summed E-state index contributed by atoms with van der Waals surface area (Å²) in [6.45, 7) is 6.87. The van der Waals surface area contributed by atoms with Crippen molar-refractivity contribution in [2.24, 2.45) is 5.41 Å². The molecule has 0 aliphatic carbocycles. The number of amides is 2. The molecule has 0 atom stereocenters. The summed E-state index contributed by atoms with van der Waals surface area (Å²) >= 11 is 0. The van der Waals surface area contributed by atoms with Crippen molar-refractivity contribution < 1.29 is 9.59 Å². The van der Waals surface area contributed by atoms with Crippen LogP contribution in [0.4, 0.5) is 5.69 Å². The second kappa shape index (κ2) is 9.59. The van der Waals surface area contributed by atoms with Crippen LogP contribution in [0.2, 0.25) is 0 Å². The first-order valence-corrected chi connectivity index (χ1v) is 10.4. The second-order valence-corrected chi connectivity index (χ2v) is 8.08. The molecular formula is C24H31N3O2. The molecule has 5 nitrogen and oxygen atoms in total. The first-order chi connectivity index (χ1) is 14.0. The molecule has 2 amide bonds. The van der Waals surface area contributed by atoms with Crippen LogP contribution in [0, 0.1) is 5.41 Å². The highest BCUT2D eigenvalue weighted by Gasteiger charge is 2.39. The van der Waals surface area contributed by atoms with Crippen LogP contribution in [0.3, 0.4) is 0 Å². The Morgan fingerprint density at radius 1 is 0.897 bits per heavy atom. The average molecular weight is 394 g/mol. The molecule has 3 rings (SSSR count). The van der Waals surface area contributed by atoms with Crippen molar-refractivity contribution in [3.05, 3.63) is 66.2 Å². The maximum atomic E-state index is 13.0. The van der Waals surface area contributed by atoms with E-state index in [1.807, 2.05) is 41.3 Å². The number of hydrogen-bond acceptors (Lipinski definition) is 3. The first kappa shape index (κ1) is 20.9. The molecule has 1 heterocycles. The number of carbonyl (C=O) groups excluding carboxylic acids is 2. The number of aryl methyl sites for hydroxylation is 1. The van der Waals surface area contributed by atoms with Crippen molar-refractivity contribution in [1.29, 1.82) is 0 Å². The molecule has 1 aliphatic rings. The van der Waals surface area contributed by atoms with Gasteiger partial charge < -0.3 is 15.1 Å². The highest BCUT2D eigenvalue weighted by Crippen LogP contribution is 2.22. The lowest BCUT2D eigenvalue weighted by Crippen LogP contribution is -2.55. The number of carbonyl (C=O) groups is 2. The normalized spacial score (nSPS) is 14.6. The SMILES string of the molecule is CC(C)(C(=O)NCCCc1ccccc1)C(=O)N1CCN(c2ccccc2)CC1. The molecule has 1 saturated heterocycles. The van der Waals surface area contributed by atoms with Crippen molar-refractivity contribution in [2.75, 3.05) is 37.6 Å². The van der Waals surface area contributed by atoms with E-state index in [1.54, 1.807) is 13.8 Å². The number of nitrogens with one attached hydrogen (secondary N) is 1. The van der Waals surface area contributed by atoms with Gasteiger partial charge in [-0.3, -0.25) is 9.59 Å². The molecule has 0 bridgehead atoms. The number of para-hydroxylation sites is 1. The summed E-state index contributed by atoms with van der Waals surface area (Å²) in [4.78, 5) is 29.8. The Balaban J connectivity index is 1.45. The molecule has 0 spiro atoms. The fourth-order valence-corrected chi connectivity index (χ4v) is 3.66. The van der Waals surface area contributed by atoms with Crippen LogP contribution in [0.5, 0.6) is 0 Å². The topological polar surface area (TPSA) is 52.7 Å². The van der Waals surface area contributed by atoms with Gasteiger partial charge in [-0.05, 0) is 44.4 Å². The standard InChI is InChI=1S/C24H31N3O2/c1-24(2,22(28)25-15-9-12-20-10-5-3-6-11-20)23(29)27-18-16-26(17-19-27)21-13-7-4-8-14-21/h3-8,10-11,13-14H,9,12,15-19H2,1-2H3,(H,25,28). The van der Waals surface area contributed by atoms with Gasteiger partial charge in [0.15, 0.2) is 0 Å². The third-order valence-corrected chi connectivity index (χ3v) is 5.56. The Kier molecular flexibility index (Phi) is 6.91. The summed E-state index contributed by atoms with van der Waals surface area (Å²) in [5, 5.41) is 2.95. The van der Waals surface area contributed by atoms with E-state index >= 15 is 0 Å². The summed E-state index contributed by atoms with van der Waals surface area (Å²) in [5.74, 6) is -0.285. The predicted molar refractivity (Wildman–Crippen MR) is 117 cm³/mol. The number of benzene rings is 2. The molecule has 2 aromatic rings. The minimum atomic E-state index is -1.05. The molecule has 0 saturated carbocycles. The molecule has 5 heteroatoms. The third-order valence-electron chi connectivity index (χ3n) is 5.56. The quantitative estimate of drug-likeness (QED) is 0.581. The number of hydrogen-bond donors (Lipinski definition) is 1. The molecule has 1 N–H and O–H groups in total. The molecule has 0 aromatic heterocycles. The van der Waals surface area contributed by atoms with Crippen molar-refractivity contribution in [2.45, 2.75) is 26.7 Å². The van der Waals surface area contributed by atoms with Gasteiger partial charge in [0.1, 0.15) is 5.41 Å². The number of nitrogens with zero attached hydrogens (tertiary/aromatic N) is 2. The van der Waals surface area contributed by atoms with E-state index in [4.69, 9.17) is 0 Å². The van der Waals surface area contributed by atoms with E-state index in [1.165, 1.54) is 11.3 Å². The third kappa shape index (κ3) is 5.37. The van der Waals surface area contributed by atoms with E-state index in [2.05, 4.69) is 34.5 Å². The highest BCUT2D eigenvalue weighted by molar-refractivity contribution is 6.04. The zero-order valence-electron chi connectivity index (χ0n) is 17.4. The van der Waals surface area contributed by atoms with E-state index in [0.717, 1.165) is 25.9 Å². The van der Waals surface area contributed by atoms with Gasteiger partial charge in [0.25, 0.3) is 0 Å². The average Bonchev–Trinajstić information content (AvgIpc) is 2.77. The van der Waals surface area contributed by atoms with Gasteiger partial charge in [-0.15, -0.1) is 0 Å². The highest BCUT2D eigenvalue weighted by atomic mass is 16.2. The minimum absolute atomic E-state index is 0.0919. The molecule has 0 radical (unpaired) electrons. The predicted octanol–water partition coefficient (Wildman–Crippen LogP) is 3.11. The van der Waals surface area contributed by atoms with Crippen LogP contribution < -0.4 is 10.2 Å². The summed E-state index contributed by atoms with van der Waals surface area (Å²) < 4.78 is 0. The molecular weight excluding hydrogens is 362 g/mol. The fraction of sp³-hybridized carbons (Fsp3) is 0.417. The summed E-state index contributed by atoms with van der Waals surface area (Å²) in [6.07, 6.45) is 1.77. The summed E-state index contributed by atoms with van der Waals surface area (Å²) in [6, 6.07) is 20.4. The second-order valence-electron chi connectivity index (χ2n) is 8.08. The lowest BCUT2D eigenvalue weighted by Gasteiger charge is -2.39. The fourth-order valence-electron chi connectivity index (χ4n) is 3.66. The Morgan fingerprint density at radius 2 is 1.48 bits per heavy atom. The number of rotatable bonds is 7. The molecule has 1 aliphatic heterocycles. The van der Waals surface area contributed by atoms with E-state index < -0.39 is 5.41 Å². The van der Waals surface area contributed by atoms with E-state index in [0.29, 0.717) is 19.6 Å². The van der Waals surface area contributed by atoms with Crippen LogP contribution in [-0.2, 0) is 16.0 Å². The summed E-state index contributed by atoms with van der Waals surface area (Å²) in [5.41, 5.74) is 1.38. The zero-order chi connectivity index (χ0) is 20.7.